The van der Waals surface area contributed by atoms with E-state index in [1.54, 1.807) is 6.07 Å². The van der Waals surface area contributed by atoms with Crippen molar-refractivity contribution in [3.63, 3.8) is 0 Å². The van der Waals surface area contributed by atoms with Crippen LogP contribution in [0.2, 0.25) is 0 Å². The predicted octanol–water partition coefficient (Wildman–Crippen LogP) is 4.20. The molecule has 2 aromatic rings. The molecule has 1 aromatic heterocycles. The van der Waals surface area contributed by atoms with Crippen molar-refractivity contribution in [2.45, 2.75) is 13.1 Å². The molecule has 20 heavy (non-hydrogen) atoms. The van der Waals surface area contributed by atoms with Crippen LogP contribution in [0, 0.1) is 3.57 Å². The highest BCUT2D eigenvalue weighted by molar-refractivity contribution is 14.1. The van der Waals surface area contributed by atoms with Crippen LogP contribution in [-0.2, 0) is 6.18 Å². The summed E-state index contributed by atoms with van der Waals surface area (Å²) in [6, 6.07) is 5.30. The van der Waals surface area contributed by atoms with Crippen molar-refractivity contribution in [3.8, 4) is 11.4 Å². The van der Waals surface area contributed by atoms with E-state index in [0.717, 1.165) is 9.64 Å². The first kappa shape index (κ1) is 15.0. The summed E-state index contributed by atoms with van der Waals surface area (Å²) in [7, 11) is 0. The Bertz CT molecular complexity index is 614. The summed E-state index contributed by atoms with van der Waals surface area (Å²) in [6.45, 7) is 2.52. The molecule has 0 fully saturated rings. The maximum absolute atomic E-state index is 13.0. The Morgan fingerprint density at radius 3 is 2.60 bits per heavy atom. The lowest BCUT2D eigenvalue weighted by Crippen LogP contribution is -2.09. The predicted molar refractivity (Wildman–Crippen MR) is 79.4 cm³/mol. The van der Waals surface area contributed by atoms with Gasteiger partial charge in [-0.3, -0.25) is 0 Å². The molecule has 0 amide bonds. The molecule has 0 unspecified atom stereocenters. The van der Waals surface area contributed by atoms with E-state index in [4.69, 9.17) is 0 Å². The summed E-state index contributed by atoms with van der Waals surface area (Å²) in [4.78, 5) is 8.18. The first-order valence-electron chi connectivity index (χ1n) is 5.86. The molecule has 0 spiro atoms. The lowest BCUT2D eigenvalue weighted by Gasteiger charge is -2.13. The van der Waals surface area contributed by atoms with Crippen molar-refractivity contribution in [2.75, 3.05) is 11.9 Å². The van der Waals surface area contributed by atoms with E-state index in [2.05, 4.69) is 15.3 Å². The van der Waals surface area contributed by atoms with Crippen LogP contribution in [0.25, 0.3) is 11.4 Å². The van der Waals surface area contributed by atoms with Crippen LogP contribution in [0.5, 0.6) is 0 Å². The third-order valence-corrected chi connectivity index (χ3v) is 3.35. The van der Waals surface area contributed by atoms with E-state index in [9.17, 15) is 13.2 Å². The molecule has 0 radical (unpaired) electrons. The number of benzene rings is 1. The van der Waals surface area contributed by atoms with Gasteiger partial charge in [0.1, 0.15) is 5.82 Å². The number of nitrogens with zero attached hydrogens (tertiary/aromatic N) is 2. The molecular formula is C13H11F3IN3. The molecule has 2 rings (SSSR count). The molecule has 0 atom stereocenters. The molecule has 0 aliphatic heterocycles. The highest BCUT2D eigenvalue weighted by Crippen LogP contribution is 2.36. The minimum atomic E-state index is -4.43. The van der Waals surface area contributed by atoms with Gasteiger partial charge >= 0.3 is 6.18 Å². The molecule has 106 valence electrons. The van der Waals surface area contributed by atoms with Gasteiger partial charge in [-0.1, -0.05) is 18.2 Å². The third kappa shape index (κ3) is 3.20. The van der Waals surface area contributed by atoms with Gasteiger partial charge in [-0.2, -0.15) is 13.2 Å². The van der Waals surface area contributed by atoms with E-state index in [-0.39, 0.29) is 11.4 Å². The molecule has 7 heteroatoms. The number of hydrogen-bond donors (Lipinski definition) is 1. The standard InChI is InChI=1S/C13H11F3IN3/c1-2-18-12-10(17)7-19-11(20-12)8-5-3-4-6-9(8)13(14,15)16/h3-7H,2H2,1H3,(H,18,19,20). The summed E-state index contributed by atoms with van der Waals surface area (Å²) < 4.78 is 39.7. The average molecular weight is 393 g/mol. The first-order chi connectivity index (χ1) is 9.43. The third-order valence-electron chi connectivity index (χ3n) is 2.56. The van der Waals surface area contributed by atoms with Crippen LogP contribution in [0.4, 0.5) is 19.0 Å². The Morgan fingerprint density at radius 2 is 1.95 bits per heavy atom. The largest absolute Gasteiger partial charge is 0.417 e. The van der Waals surface area contributed by atoms with Gasteiger partial charge in [0.15, 0.2) is 5.82 Å². The molecule has 0 saturated heterocycles. The number of nitrogens with one attached hydrogen (secondary N) is 1. The van der Waals surface area contributed by atoms with Crippen LogP contribution in [0.3, 0.4) is 0 Å². The van der Waals surface area contributed by atoms with Crippen LogP contribution in [0.1, 0.15) is 12.5 Å². The van der Waals surface area contributed by atoms with Crippen LogP contribution in [0.15, 0.2) is 30.5 Å². The number of rotatable bonds is 3. The van der Waals surface area contributed by atoms with E-state index in [1.165, 1.54) is 18.3 Å². The lowest BCUT2D eigenvalue weighted by molar-refractivity contribution is -0.137. The van der Waals surface area contributed by atoms with E-state index >= 15 is 0 Å². The summed E-state index contributed by atoms with van der Waals surface area (Å²) >= 11 is 2.03. The number of hydrogen-bond acceptors (Lipinski definition) is 3. The Balaban J connectivity index is 2.55. The highest BCUT2D eigenvalue weighted by atomic mass is 127. The van der Waals surface area contributed by atoms with Gasteiger partial charge in [-0.25, -0.2) is 9.97 Å². The van der Waals surface area contributed by atoms with E-state index < -0.39 is 11.7 Å². The average Bonchev–Trinajstić information content (AvgIpc) is 2.41. The Morgan fingerprint density at radius 1 is 1.25 bits per heavy atom. The minimum absolute atomic E-state index is 0.0180. The number of aromatic nitrogens is 2. The second-order valence-corrected chi connectivity index (χ2v) is 5.13. The second-order valence-electron chi connectivity index (χ2n) is 3.96. The molecule has 1 N–H and O–H groups in total. The fourth-order valence-electron chi connectivity index (χ4n) is 1.71. The maximum Gasteiger partial charge on any atom is 0.417 e. The summed E-state index contributed by atoms with van der Waals surface area (Å²) in [5.41, 5.74) is -0.751. The molecule has 3 nitrogen and oxygen atoms in total. The molecule has 1 heterocycles. The van der Waals surface area contributed by atoms with Gasteiger partial charge < -0.3 is 5.32 Å². The summed E-state index contributed by atoms with van der Waals surface area (Å²) in [5, 5.41) is 3.00. The number of halogens is 4. The van der Waals surface area contributed by atoms with Crippen molar-refractivity contribution in [1.82, 2.24) is 9.97 Å². The van der Waals surface area contributed by atoms with Crippen molar-refractivity contribution in [3.05, 3.63) is 39.6 Å². The Hall–Kier alpha value is -1.38. The van der Waals surface area contributed by atoms with Gasteiger partial charge in [0.05, 0.1) is 9.13 Å². The summed E-state index contributed by atoms with van der Waals surface area (Å²) in [5.74, 6) is 0.601. The number of anilines is 1. The molecular weight excluding hydrogens is 382 g/mol. The fraction of sp³-hybridized carbons (Fsp3) is 0.231. The zero-order valence-electron chi connectivity index (χ0n) is 10.5. The molecule has 0 aliphatic rings. The van der Waals surface area contributed by atoms with Crippen molar-refractivity contribution in [1.29, 1.82) is 0 Å². The molecule has 0 saturated carbocycles. The van der Waals surface area contributed by atoms with Gasteiger partial charge in [-0.05, 0) is 35.6 Å². The van der Waals surface area contributed by atoms with Crippen molar-refractivity contribution >= 4 is 28.4 Å². The number of alkyl halides is 3. The zero-order valence-corrected chi connectivity index (χ0v) is 12.7. The SMILES string of the molecule is CCNc1nc(-c2ccccc2C(F)(F)F)ncc1I. The highest BCUT2D eigenvalue weighted by Gasteiger charge is 2.34. The van der Waals surface area contributed by atoms with Crippen molar-refractivity contribution < 1.29 is 13.2 Å². The topological polar surface area (TPSA) is 37.8 Å². The monoisotopic (exact) mass is 393 g/mol. The quantitative estimate of drug-likeness (QED) is 0.795. The van der Waals surface area contributed by atoms with Gasteiger partial charge in [0, 0.05) is 18.3 Å². The van der Waals surface area contributed by atoms with E-state index in [0.29, 0.717) is 12.4 Å². The van der Waals surface area contributed by atoms with Crippen molar-refractivity contribution in [2.24, 2.45) is 0 Å². The maximum atomic E-state index is 13.0. The summed E-state index contributed by atoms with van der Waals surface area (Å²) in [6.07, 6.45) is -2.92. The molecule has 0 aliphatic carbocycles. The van der Waals surface area contributed by atoms with E-state index in [1.807, 2.05) is 29.5 Å². The minimum Gasteiger partial charge on any atom is -0.369 e. The second kappa shape index (κ2) is 5.94. The molecule has 0 bridgehead atoms. The van der Waals surface area contributed by atoms with Gasteiger partial charge in [-0.15, -0.1) is 0 Å². The molecule has 1 aromatic carbocycles. The smallest absolute Gasteiger partial charge is 0.369 e. The lowest BCUT2D eigenvalue weighted by atomic mass is 10.1. The first-order valence-corrected chi connectivity index (χ1v) is 6.94. The van der Waals surface area contributed by atoms with Crippen LogP contribution in [-0.4, -0.2) is 16.5 Å². The van der Waals surface area contributed by atoms with Gasteiger partial charge in [0.2, 0.25) is 0 Å². The Kier molecular flexibility index (Phi) is 4.46. The normalized spacial score (nSPS) is 11.4. The fourth-order valence-corrected chi connectivity index (χ4v) is 2.16. The van der Waals surface area contributed by atoms with Crippen LogP contribution >= 0.6 is 22.6 Å². The van der Waals surface area contributed by atoms with Gasteiger partial charge in [0.25, 0.3) is 0 Å². The zero-order chi connectivity index (χ0) is 14.8. The Labute approximate surface area is 127 Å². The van der Waals surface area contributed by atoms with Crippen LogP contribution < -0.4 is 5.32 Å².